The smallest absolute Gasteiger partial charge is 0.133 e. The van der Waals surface area contributed by atoms with Crippen molar-refractivity contribution in [3.05, 3.63) is 72.8 Å². The monoisotopic (exact) mass is 337 g/mol. The van der Waals surface area contributed by atoms with Crippen LogP contribution in [0.1, 0.15) is 0 Å². The van der Waals surface area contributed by atoms with Crippen molar-refractivity contribution in [3.8, 4) is 11.3 Å². The fourth-order valence-electron chi connectivity index (χ4n) is 2.55. The Morgan fingerprint density at radius 2 is 1.83 bits per heavy atom. The summed E-state index contributed by atoms with van der Waals surface area (Å²) in [5, 5.41) is 9.06. The van der Waals surface area contributed by atoms with Gasteiger partial charge in [-0.1, -0.05) is 24.3 Å². The van der Waals surface area contributed by atoms with Gasteiger partial charge in [0.1, 0.15) is 21.6 Å². The molecular weight excluding hydrogens is 325 g/mol. The Kier molecular flexibility index (Phi) is 3.66. The minimum absolute atomic E-state index is 0.360. The van der Waals surface area contributed by atoms with Crippen LogP contribution in [0.15, 0.2) is 76.9 Å². The van der Waals surface area contributed by atoms with E-state index >= 15 is 0 Å². The van der Waals surface area contributed by atoms with Crippen LogP contribution >= 0.6 is 0 Å². The molecule has 0 bridgehead atoms. The first kappa shape index (κ1) is 14.7. The fraction of sp³-hybridized carbons (Fsp3) is 0. The maximum absolute atomic E-state index is 13.1. The molecule has 1 N–H and O–H groups in total. The van der Waals surface area contributed by atoms with Gasteiger partial charge in [0.2, 0.25) is 0 Å². The third-order valence-electron chi connectivity index (χ3n) is 3.71. The predicted molar refractivity (Wildman–Crippen MR) is 90.4 cm³/mol. The van der Waals surface area contributed by atoms with E-state index in [-0.39, 0.29) is 5.82 Å². The van der Waals surface area contributed by atoms with Gasteiger partial charge in [0, 0.05) is 22.0 Å². The molecule has 4 nitrogen and oxygen atoms in total. The number of nitrogens with one attached hydrogen (secondary N) is 1. The van der Waals surface area contributed by atoms with Gasteiger partial charge in [-0.3, -0.25) is 5.10 Å². The van der Waals surface area contributed by atoms with Crippen molar-refractivity contribution in [1.82, 2.24) is 15.2 Å². The van der Waals surface area contributed by atoms with Gasteiger partial charge in [-0.15, -0.1) is 0 Å². The molecule has 0 spiro atoms. The van der Waals surface area contributed by atoms with E-state index in [1.54, 1.807) is 18.5 Å². The molecule has 1 atom stereocenters. The molecule has 0 fully saturated rings. The summed E-state index contributed by atoms with van der Waals surface area (Å²) < 4.78 is 25.9. The van der Waals surface area contributed by atoms with E-state index in [2.05, 4.69) is 15.2 Å². The molecule has 4 aromatic rings. The first-order chi connectivity index (χ1) is 11.7. The molecule has 0 aliphatic rings. The molecule has 0 radical (unpaired) electrons. The maximum atomic E-state index is 13.1. The normalized spacial score (nSPS) is 12.4. The summed E-state index contributed by atoms with van der Waals surface area (Å²) in [6.45, 7) is 0. The topological polar surface area (TPSA) is 58.6 Å². The molecule has 2 aromatic carbocycles. The van der Waals surface area contributed by atoms with E-state index < -0.39 is 10.8 Å². The lowest BCUT2D eigenvalue weighted by Gasteiger charge is -2.08. The average Bonchev–Trinajstić information content (AvgIpc) is 3.15. The van der Waals surface area contributed by atoms with E-state index in [0.29, 0.717) is 15.6 Å². The number of rotatable bonds is 3. The molecule has 6 heteroatoms. The van der Waals surface area contributed by atoms with E-state index in [1.165, 1.54) is 24.3 Å². The molecule has 118 valence electrons. The second-order valence-corrected chi connectivity index (χ2v) is 6.67. The largest absolute Gasteiger partial charge is 0.285 e. The van der Waals surface area contributed by atoms with Gasteiger partial charge in [-0.25, -0.2) is 13.6 Å². The summed E-state index contributed by atoms with van der Waals surface area (Å²) in [5.41, 5.74) is 1.54. The highest BCUT2D eigenvalue weighted by Gasteiger charge is 2.14. The number of benzene rings is 2. The lowest BCUT2D eigenvalue weighted by atomic mass is 10.1. The highest BCUT2D eigenvalue weighted by molar-refractivity contribution is 7.85. The van der Waals surface area contributed by atoms with Crippen molar-refractivity contribution in [2.45, 2.75) is 9.92 Å². The molecule has 0 amide bonds. The highest BCUT2D eigenvalue weighted by Crippen LogP contribution is 2.29. The third kappa shape index (κ3) is 2.61. The number of fused-ring (bicyclic) bond motifs is 1. The van der Waals surface area contributed by atoms with Crippen LogP contribution in [0.5, 0.6) is 0 Å². The minimum Gasteiger partial charge on any atom is -0.285 e. The maximum Gasteiger partial charge on any atom is 0.133 e. The first-order valence-corrected chi connectivity index (χ1v) is 8.43. The number of aromatic nitrogens is 3. The van der Waals surface area contributed by atoms with Gasteiger partial charge in [0.05, 0.1) is 11.9 Å². The van der Waals surface area contributed by atoms with Gasteiger partial charge in [0.25, 0.3) is 0 Å². The van der Waals surface area contributed by atoms with Gasteiger partial charge >= 0.3 is 0 Å². The Balaban J connectivity index is 1.90. The quantitative estimate of drug-likeness (QED) is 0.616. The standard InChI is InChI=1S/C18H12FN3OS/c19-14-5-7-15(8-6-14)24(23)17-9-12-3-1-2-4-16(12)18(22-17)13-10-20-21-11-13/h1-11H,(H,20,21). The van der Waals surface area contributed by atoms with Gasteiger partial charge in [-0.2, -0.15) is 5.10 Å². The number of halogens is 1. The third-order valence-corrected chi connectivity index (χ3v) is 5.00. The molecule has 2 aromatic heterocycles. The van der Waals surface area contributed by atoms with Gasteiger partial charge in [0.15, 0.2) is 0 Å². The van der Waals surface area contributed by atoms with Crippen molar-refractivity contribution in [3.63, 3.8) is 0 Å². The molecule has 0 saturated heterocycles. The van der Waals surface area contributed by atoms with Crippen LogP contribution in [0, 0.1) is 5.82 Å². The SMILES string of the molecule is O=S(c1ccc(F)cc1)c1cc2ccccc2c(-c2cn[nH]c2)n1. The molecule has 4 rings (SSSR count). The van der Waals surface area contributed by atoms with Gasteiger partial charge < -0.3 is 0 Å². The summed E-state index contributed by atoms with van der Waals surface area (Å²) in [6.07, 6.45) is 3.43. The number of aromatic amines is 1. The Morgan fingerprint density at radius 3 is 2.58 bits per heavy atom. The Labute approximate surface area is 139 Å². The molecule has 0 aliphatic carbocycles. The molecule has 1 unspecified atom stereocenters. The summed E-state index contributed by atoms with van der Waals surface area (Å²) in [6, 6.07) is 15.2. The van der Waals surface area contributed by atoms with E-state index in [0.717, 1.165) is 16.3 Å². The average molecular weight is 337 g/mol. The van der Waals surface area contributed by atoms with Crippen LogP contribution in [0.25, 0.3) is 22.0 Å². The molecule has 0 saturated carbocycles. The first-order valence-electron chi connectivity index (χ1n) is 7.29. The lowest BCUT2D eigenvalue weighted by molar-refractivity contribution is 0.626. The zero-order valence-corrected chi connectivity index (χ0v) is 13.3. The van der Waals surface area contributed by atoms with Crippen LogP contribution in [0.3, 0.4) is 0 Å². The summed E-state index contributed by atoms with van der Waals surface area (Å²) in [7, 11) is -1.49. The number of pyridine rings is 1. The Morgan fingerprint density at radius 1 is 1.04 bits per heavy atom. The molecule has 24 heavy (non-hydrogen) atoms. The lowest BCUT2D eigenvalue weighted by Crippen LogP contribution is -1.98. The molecule has 2 heterocycles. The summed E-state index contributed by atoms with van der Waals surface area (Å²) in [4.78, 5) is 5.10. The van der Waals surface area contributed by atoms with Crippen LogP contribution < -0.4 is 0 Å². The summed E-state index contributed by atoms with van der Waals surface area (Å²) >= 11 is 0. The number of hydrogen-bond acceptors (Lipinski definition) is 3. The van der Waals surface area contributed by atoms with Crippen molar-refractivity contribution in [2.75, 3.05) is 0 Å². The van der Waals surface area contributed by atoms with E-state index in [1.807, 2.05) is 24.3 Å². The second-order valence-electron chi connectivity index (χ2n) is 5.24. The van der Waals surface area contributed by atoms with Crippen molar-refractivity contribution in [2.24, 2.45) is 0 Å². The van der Waals surface area contributed by atoms with Crippen LogP contribution in [-0.4, -0.2) is 19.4 Å². The minimum atomic E-state index is -1.49. The van der Waals surface area contributed by atoms with Crippen LogP contribution in [0.4, 0.5) is 4.39 Å². The van der Waals surface area contributed by atoms with E-state index in [9.17, 15) is 8.60 Å². The molecular formula is C18H12FN3OS. The zero-order chi connectivity index (χ0) is 16.5. The van der Waals surface area contributed by atoms with Crippen molar-refractivity contribution < 1.29 is 8.60 Å². The van der Waals surface area contributed by atoms with Crippen molar-refractivity contribution in [1.29, 1.82) is 0 Å². The van der Waals surface area contributed by atoms with Crippen molar-refractivity contribution >= 4 is 21.6 Å². The predicted octanol–water partition coefficient (Wildman–Crippen LogP) is 3.93. The zero-order valence-electron chi connectivity index (χ0n) is 12.4. The second kappa shape index (κ2) is 5.98. The molecule has 0 aliphatic heterocycles. The highest BCUT2D eigenvalue weighted by atomic mass is 32.2. The van der Waals surface area contributed by atoms with Crippen LogP contribution in [-0.2, 0) is 10.8 Å². The Bertz CT molecular complexity index is 1030. The summed E-state index contributed by atoms with van der Waals surface area (Å²) in [5.74, 6) is -0.360. The number of nitrogens with zero attached hydrogens (tertiary/aromatic N) is 2. The van der Waals surface area contributed by atoms with Gasteiger partial charge in [-0.05, 0) is 35.7 Å². The van der Waals surface area contributed by atoms with Crippen LogP contribution in [0.2, 0.25) is 0 Å². The fourth-order valence-corrected chi connectivity index (χ4v) is 3.58. The number of H-pyrrole nitrogens is 1. The van der Waals surface area contributed by atoms with E-state index in [4.69, 9.17) is 0 Å². The Hall–Kier alpha value is -2.86. The number of hydrogen-bond donors (Lipinski definition) is 1.